The molecule has 0 aromatic rings. The quantitative estimate of drug-likeness (QED) is 0.689. The molecule has 0 N–H and O–H groups in total. The topological polar surface area (TPSA) is 18.5 Å². The zero-order valence-corrected chi connectivity index (χ0v) is 11.3. The summed E-state index contributed by atoms with van der Waals surface area (Å²) in [5, 5.41) is 0.486. The first-order valence-corrected chi connectivity index (χ1v) is 7.91. The molecule has 2 aliphatic carbocycles. The van der Waals surface area contributed by atoms with Gasteiger partial charge in [0.25, 0.3) is 0 Å². The van der Waals surface area contributed by atoms with Crippen LogP contribution >= 0.6 is 0 Å². The van der Waals surface area contributed by atoms with Crippen LogP contribution in [0.3, 0.4) is 0 Å². The lowest BCUT2D eigenvalue weighted by atomic mass is 9.88. The minimum Gasteiger partial charge on any atom is -0.400 e. The molecule has 0 heterocycles. The molecular formula is C12H24O2Si. The summed E-state index contributed by atoms with van der Waals surface area (Å²) in [4.78, 5) is 0. The van der Waals surface area contributed by atoms with Gasteiger partial charge in [-0.15, -0.1) is 0 Å². The Hall–Kier alpha value is 0.137. The molecule has 0 aliphatic heterocycles. The van der Waals surface area contributed by atoms with Gasteiger partial charge in [-0.25, -0.2) is 0 Å². The Morgan fingerprint density at radius 1 is 0.933 bits per heavy atom. The van der Waals surface area contributed by atoms with E-state index in [1.54, 1.807) is 0 Å². The van der Waals surface area contributed by atoms with E-state index in [4.69, 9.17) is 8.85 Å². The molecule has 0 aromatic heterocycles. The molecule has 0 amide bonds. The molecule has 2 fully saturated rings. The van der Waals surface area contributed by atoms with E-state index in [2.05, 4.69) is 0 Å². The van der Waals surface area contributed by atoms with E-state index in [-0.39, 0.29) is 0 Å². The largest absolute Gasteiger partial charge is 0.400 e. The third kappa shape index (κ3) is 2.02. The SMILES string of the molecule is CO[SiH](OC)C1(C2CCCC2)CCCC1. The Kier molecular flexibility index (Phi) is 3.86. The Morgan fingerprint density at radius 3 is 1.93 bits per heavy atom. The summed E-state index contributed by atoms with van der Waals surface area (Å²) in [6.07, 6.45) is 11.3. The summed E-state index contributed by atoms with van der Waals surface area (Å²) in [6.45, 7) is 0. The monoisotopic (exact) mass is 228 g/mol. The van der Waals surface area contributed by atoms with E-state index >= 15 is 0 Å². The van der Waals surface area contributed by atoms with Crippen LogP contribution in [0.2, 0.25) is 5.04 Å². The van der Waals surface area contributed by atoms with Crippen molar-refractivity contribution in [2.45, 2.75) is 56.4 Å². The second-order valence-corrected chi connectivity index (χ2v) is 7.98. The Balaban J connectivity index is 2.14. The molecule has 0 atom stereocenters. The normalized spacial score (nSPS) is 26.6. The van der Waals surface area contributed by atoms with Gasteiger partial charge in [0, 0.05) is 19.3 Å². The van der Waals surface area contributed by atoms with Crippen LogP contribution in [0.1, 0.15) is 51.4 Å². The van der Waals surface area contributed by atoms with Crippen molar-refractivity contribution in [1.82, 2.24) is 0 Å². The molecular weight excluding hydrogens is 204 g/mol. The van der Waals surface area contributed by atoms with E-state index in [1.165, 1.54) is 51.4 Å². The lowest BCUT2D eigenvalue weighted by Gasteiger charge is -2.39. The van der Waals surface area contributed by atoms with Crippen molar-refractivity contribution in [2.75, 3.05) is 14.2 Å². The highest BCUT2D eigenvalue weighted by Gasteiger charge is 2.50. The fraction of sp³-hybridized carbons (Fsp3) is 1.00. The zero-order valence-electron chi connectivity index (χ0n) is 10.1. The van der Waals surface area contributed by atoms with Crippen molar-refractivity contribution in [2.24, 2.45) is 5.92 Å². The van der Waals surface area contributed by atoms with Crippen molar-refractivity contribution in [3.8, 4) is 0 Å². The first-order valence-electron chi connectivity index (χ1n) is 6.39. The molecule has 0 unspecified atom stereocenters. The van der Waals surface area contributed by atoms with E-state index in [1.807, 2.05) is 14.2 Å². The molecule has 2 nitrogen and oxygen atoms in total. The smallest absolute Gasteiger partial charge is 0.327 e. The summed E-state index contributed by atoms with van der Waals surface area (Å²) >= 11 is 0. The van der Waals surface area contributed by atoms with Crippen molar-refractivity contribution in [3.05, 3.63) is 0 Å². The predicted molar refractivity (Wildman–Crippen MR) is 64.3 cm³/mol. The van der Waals surface area contributed by atoms with Crippen LogP contribution in [0.15, 0.2) is 0 Å². The van der Waals surface area contributed by atoms with Gasteiger partial charge in [-0.1, -0.05) is 38.5 Å². The molecule has 0 bridgehead atoms. The highest BCUT2D eigenvalue weighted by Crippen LogP contribution is 2.58. The molecule has 0 spiro atoms. The van der Waals surface area contributed by atoms with Crippen molar-refractivity contribution in [1.29, 1.82) is 0 Å². The van der Waals surface area contributed by atoms with E-state index < -0.39 is 9.28 Å². The van der Waals surface area contributed by atoms with Crippen LogP contribution in [-0.2, 0) is 8.85 Å². The van der Waals surface area contributed by atoms with Gasteiger partial charge >= 0.3 is 9.28 Å². The molecule has 2 rings (SSSR count). The van der Waals surface area contributed by atoms with Gasteiger partial charge in [0.2, 0.25) is 0 Å². The summed E-state index contributed by atoms with van der Waals surface area (Å²) in [6, 6.07) is 0. The van der Waals surface area contributed by atoms with E-state index in [9.17, 15) is 0 Å². The zero-order chi connectivity index (χ0) is 10.7. The number of rotatable bonds is 4. The summed E-state index contributed by atoms with van der Waals surface area (Å²) in [5.74, 6) is 0.913. The van der Waals surface area contributed by atoms with Crippen LogP contribution in [0.5, 0.6) is 0 Å². The second kappa shape index (κ2) is 4.98. The van der Waals surface area contributed by atoms with Gasteiger partial charge in [-0.3, -0.25) is 0 Å². The van der Waals surface area contributed by atoms with Crippen molar-refractivity contribution in [3.63, 3.8) is 0 Å². The van der Waals surface area contributed by atoms with Crippen LogP contribution < -0.4 is 0 Å². The molecule has 0 aromatic carbocycles. The average Bonchev–Trinajstić information content (AvgIpc) is 2.90. The number of hydrogen-bond donors (Lipinski definition) is 0. The Bertz CT molecular complexity index is 188. The summed E-state index contributed by atoms with van der Waals surface area (Å²) < 4.78 is 11.4. The molecule has 3 heteroatoms. The lowest BCUT2D eigenvalue weighted by molar-refractivity contribution is 0.203. The van der Waals surface area contributed by atoms with E-state index in [0.717, 1.165) is 5.92 Å². The molecule has 88 valence electrons. The third-order valence-electron chi connectivity index (χ3n) is 4.60. The van der Waals surface area contributed by atoms with Gasteiger partial charge in [-0.2, -0.15) is 0 Å². The molecule has 2 aliphatic rings. The summed E-state index contributed by atoms with van der Waals surface area (Å²) in [7, 11) is 2.28. The second-order valence-electron chi connectivity index (χ2n) is 5.22. The maximum Gasteiger partial charge on any atom is 0.327 e. The minimum absolute atomic E-state index is 0.486. The van der Waals surface area contributed by atoms with Crippen molar-refractivity contribution >= 4 is 9.28 Å². The highest BCUT2D eigenvalue weighted by atomic mass is 28.3. The number of hydrogen-bond acceptors (Lipinski definition) is 2. The minimum atomic E-state index is -1.43. The van der Waals surface area contributed by atoms with Crippen molar-refractivity contribution < 1.29 is 8.85 Å². The molecule has 0 saturated heterocycles. The molecule has 2 saturated carbocycles. The lowest BCUT2D eigenvalue weighted by Crippen LogP contribution is -2.39. The van der Waals surface area contributed by atoms with Gasteiger partial charge in [0.15, 0.2) is 0 Å². The van der Waals surface area contributed by atoms with Crippen LogP contribution in [0, 0.1) is 5.92 Å². The highest BCUT2D eigenvalue weighted by molar-refractivity contribution is 6.48. The van der Waals surface area contributed by atoms with Gasteiger partial charge in [-0.05, 0) is 18.8 Å². The first kappa shape index (κ1) is 11.6. The van der Waals surface area contributed by atoms with Gasteiger partial charge in [0.1, 0.15) is 0 Å². The summed E-state index contributed by atoms with van der Waals surface area (Å²) in [5.41, 5.74) is 0. The van der Waals surface area contributed by atoms with Gasteiger partial charge < -0.3 is 8.85 Å². The Labute approximate surface area is 95.2 Å². The van der Waals surface area contributed by atoms with Crippen LogP contribution in [-0.4, -0.2) is 23.5 Å². The third-order valence-corrected chi connectivity index (χ3v) is 7.44. The fourth-order valence-electron chi connectivity index (χ4n) is 3.94. The predicted octanol–water partition coefficient (Wildman–Crippen LogP) is 3.00. The molecule has 0 radical (unpaired) electrons. The average molecular weight is 228 g/mol. The first-order chi connectivity index (χ1) is 7.33. The standard InChI is InChI=1S/C12H24O2Si/c1-13-15(14-2)12(9-5-6-10-12)11-7-3-4-8-11/h11,15H,3-10H2,1-2H3. The van der Waals surface area contributed by atoms with Crippen LogP contribution in [0.25, 0.3) is 0 Å². The molecule has 15 heavy (non-hydrogen) atoms. The maximum absolute atomic E-state index is 5.72. The Morgan fingerprint density at radius 2 is 1.47 bits per heavy atom. The van der Waals surface area contributed by atoms with Crippen LogP contribution in [0.4, 0.5) is 0 Å². The van der Waals surface area contributed by atoms with E-state index in [0.29, 0.717) is 5.04 Å². The maximum atomic E-state index is 5.72. The fourth-order valence-corrected chi connectivity index (χ4v) is 6.67. The van der Waals surface area contributed by atoms with Gasteiger partial charge in [0.05, 0.1) is 0 Å².